The van der Waals surface area contributed by atoms with E-state index in [1.807, 2.05) is 55.2 Å². The number of carbonyl (C=O) groups is 1. The first-order valence-electron chi connectivity index (χ1n) is 5.10. The van der Waals surface area contributed by atoms with E-state index in [0.29, 0.717) is 0 Å². The highest BCUT2D eigenvalue weighted by Gasteiger charge is 2.07. The topological polar surface area (TPSA) is 32.8 Å². The van der Waals surface area contributed by atoms with Crippen LogP contribution in [0.3, 0.4) is 0 Å². The Balaban J connectivity index is 2.70. The van der Waals surface area contributed by atoms with Gasteiger partial charge in [0.2, 0.25) is 0 Å². The van der Waals surface area contributed by atoms with E-state index in [1.54, 1.807) is 0 Å². The number of ether oxygens (including phenoxy) is 1. The van der Waals surface area contributed by atoms with Gasteiger partial charge in [-0.3, -0.25) is 4.79 Å². The number of rotatable bonds is 4. The van der Waals surface area contributed by atoms with Gasteiger partial charge < -0.3 is 14.5 Å². The lowest BCUT2D eigenvalue weighted by atomic mass is 10.2. The fraction of sp³-hybridized carbons (Fsp3) is 0.417. The summed E-state index contributed by atoms with van der Waals surface area (Å²) in [5.41, 5.74) is 2.13. The molecule has 0 spiro atoms. The molecular weight excluding hydrogens is 204 g/mol. The molecule has 0 unspecified atom stereocenters. The van der Waals surface area contributed by atoms with Crippen molar-refractivity contribution in [2.24, 2.45) is 0 Å². The Bertz CT molecular complexity index is 347. The summed E-state index contributed by atoms with van der Waals surface area (Å²) in [4.78, 5) is 15.0. The van der Waals surface area contributed by atoms with E-state index in [2.05, 4.69) is 4.74 Å². The summed E-state index contributed by atoms with van der Waals surface area (Å²) in [6.45, 7) is 0.262. The number of likely N-dealkylation sites (N-methyl/N-ethyl adjacent to an activating group) is 1. The van der Waals surface area contributed by atoms with Crippen molar-refractivity contribution in [1.29, 1.82) is 0 Å². The van der Waals surface area contributed by atoms with E-state index in [-0.39, 0.29) is 12.5 Å². The highest BCUT2D eigenvalue weighted by Crippen LogP contribution is 2.18. The maximum atomic E-state index is 11.1. The van der Waals surface area contributed by atoms with Gasteiger partial charge in [0.15, 0.2) is 0 Å². The van der Waals surface area contributed by atoms with Crippen molar-refractivity contribution < 1.29 is 9.53 Å². The summed E-state index contributed by atoms with van der Waals surface area (Å²) < 4.78 is 4.62. The first kappa shape index (κ1) is 12.4. The Kier molecular flexibility index (Phi) is 4.17. The Hall–Kier alpha value is -1.71. The molecule has 0 fully saturated rings. The molecule has 0 aliphatic heterocycles. The quantitative estimate of drug-likeness (QED) is 0.720. The average molecular weight is 222 g/mol. The summed E-state index contributed by atoms with van der Waals surface area (Å²) in [7, 11) is 7.24. The number of benzene rings is 1. The number of esters is 1. The van der Waals surface area contributed by atoms with E-state index >= 15 is 0 Å². The van der Waals surface area contributed by atoms with E-state index in [9.17, 15) is 4.79 Å². The Labute approximate surface area is 96.4 Å². The van der Waals surface area contributed by atoms with E-state index in [0.717, 1.165) is 11.4 Å². The molecule has 1 aromatic carbocycles. The monoisotopic (exact) mass is 222 g/mol. The lowest BCUT2D eigenvalue weighted by Gasteiger charge is -2.19. The van der Waals surface area contributed by atoms with Crippen LogP contribution >= 0.6 is 0 Å². The van der Waals surface area contributed by atoms with Crippen LogP contribution < -0.4 is 9.80 Å². The van der Waals surface area contributed by atoms with Gasteiger partial charge in [-0.15, -0.1) is 0 Å². The highest BCUT2D eigenvalue weighted by molar-refractivity contribution is 5.75. The second-order valence-electron chi connectivity index (χ2n) is 3.84. The molecule has 0 saturated carbocycles. The van der Waals surface area contributed by atoms with Crippen LogP contribution in [0, 0.1) is 0 Å². The first-order valence-corrected chi connectivity index (χ1v) is 5.10. The normalized spacial score (nSPS) is 9.75. The molecule has 0 amide bonds. The van der Waals surface area contributed by atoms with Crippen molar-refractivity contribution in [3.63, 3.8) is 0 Å². The van der Waals surface area contributed by atoms with Crippen molar-refractivity contribution in [2.75, 3.05) is 44.6 Å². The summed E-state index contributed by atoms with van der Waals surface area (Å²) >= 11 is 0. The second kappa shape index (κ2) is 5.39. The molecule has 0 aliphatic carbocycles. The van der Waals surface area contributed by atoms with Crippen LogP contribution in [-0.2, 0) is 9.53 Å². The Morgan fingerprint density at radius 3 is 2.06 bits per heavy atom. The van der Waals surface area contributed by atoms with Crippen LogP contribution in [0.2, 0.25) is 0 Å². The fourth-order valence-electron chi connectivity index (χ4n) is 1.35. The van der Waals surface area contributed by atoms with Crippen molar-refractivity contribution in [3.8, 4) is 0 Å². The third kappa shape index (κ3) is 3.15. The number of anilines is 2. The zero-order valence-electron chi connectivity index (χ0n) is 10.2. The predicted molar refractivity (Wildman–Crippen MR) is 66.1 cm³/mol. The minimum atomic E-state index is -0.237. The standard InChI is InChI=1S/C12H18N2O2/c1-13(2)10-5-7-11(8-6-10)14(3)9-12(15)16-4/h5-8H,9H2,1-4H3. The number of hydrogen-bond acceptors (Lipinski definition) is 4. The van der Waals surface area contributed by atoms with Gasteiger partial charge in [0.05, 0.1) is 7.11 Å². The molecule has 0 radical (unpaired) electrons. The van der Waals surface area contributed by atoms with Crippen LogP contribution in [0.15, 0.2) is 24.3 Å². The smallest absolute Gasteiger partial charge is 0.325 e. The van der Waals surface area contributed by atoms with Crippen molar-refractivity contribution in [1.82, 2.24) is 0 Å². The average Bonchev–Trinajstić information content (AvgIpc) is 2.28. The molecule has 0 heterocycles. The van der Waals surface area contributed by atoms with Crippen LogP contribution in [0.1, 0.15) is 0 Å². The van der Waals surface area contributed by atoms with Crippen molar-refractivity contribution in [3.05, 3.63) is 24.3 Å². The minimum Gasteiger partial charge on any atom is -0.468 e. The van der Waals surface area contributed by atoms with Gasteiger partial charge in [-0.25, -0.2) is 0 Å². The maximum absolute atomic E-state index is 11.1. The molecule has 1 aromatic rings. The maximum Gasteiger partial charge on any atom is 0.325 e. The second-order valence-corrected chi connectivity index (χ2v) is 3.84. The third-order valence-electron chi connectivity index (χ3n) is 2.40. The van der Waals surface area contributed by atoms with E-state index in [4.69, 9.17) is 0 Å². The highest BCUT2D eigenvalue weighted by atomic mass is 16.5. The van der Waals surface area contributed by atoms with Gasteiger partial charge in [0, 0.05) is 32.5 Å². The molecule has 88 valence electrons. The first-order chi connectivity index (χ1) is 7.54. The minimum absolute atomic E-state index is 0.237. The molecule has 4 nitrogen and oxygen atoms in total. The Morgan fingerprint density at radius 1 is 1.12 bits per heavy atom. The van der Waals surface area contributed by atoms with Gasteiger partial charge in [0.25, 0.3) is 0 Å². The van der Waals surface area contributed by atoms with Crippen LogP contribution in [0.4, 0.5) is 11.4 Å². The zero-order chi connectivity index (χ0) is 12.1. The summed E-state index contributed by atoms with van der Waals surface area (Å²) in [6.07, 6.45) is 0. The summed E-state index contributed by atoms with van der Waals surface area (Å²) in [5.74, 6) is -0.237. The molecule has 0 N–H and O–H groups in total. The lowest BCUT2D eigenvalue weighted by Crippen LogP contribution is -2.26. The molecule has 1 rings (SSSR count). The van der Waals surface area contributed by atoms with Gasteiger partial charge >= 0.3 is 5.97 Å². The molecule has 0 bridgehead atoms. The van der Waals surface area contributed by atoms with Gasteiger partial charge in [-0.05, 0) is 24.3 Å². The van der Waals surface area contributed by atoms with Gasteiger partial charge in [0.1, 0.15) is 6.54 Å². The summed E-state index contributed by atoms with van der Waals surface area (Å²) in [6, 6.07) is 8.00. The van der Waals surface area contributed by atoms with Gasteiger partial charge in [-0.2, -0.15) is 0 Å². The molecule has 0 atom stereocenters. The molecular formula is C12H18N2O2. The van der Waals surface area contributed by atoms with Crippen molar-refractivity contribution in [2.45, 2.75) is 0 Å². The van der Waals surface area contributed by atoms with Crippen LogP contribution in [0.5, 0.6) is 0 Å². The molecule has 0 aromatic heterocycles. The van der Waals surface area contributed by atoms with E-state index < -0.39 is 0 Å². The number of hydrogen-bond donors (Lipinski definition) is 0. The Morgan fingerprint density at radius 2 is 1.62 bits per heavy atom. The van der Waals surface area contributed by atoms with Crippen molar-refractivity contribution >= 4 is 17.3 Å². The summed E-state index contributed by atoms with van der Waals surface area (Å²) in [5, 5.41) is 0. The van der Waals surface area contributed by atoms with Crippen LogP contribution in [0.25, 0.3) is 0 Å². The number of methoxy groups -OCH3 is 1. The number of nitrogens with zero attached hydrogens (tertiary/aromatic N) is 2. The predicted octanol–water partition coefficient (Wildman–Crippen LogP) is 1.36. The molecule has 0 aliphatic rings. The van der Waals surface area contributed by atoms with Gasteiger partial charge in [-0.1, -0.05) is 0 Å². The fourth-order valence-corrected chi connectivity index (χ4v) is 1.35. The van der Waals surface area contributed by atoms with E-state index in [1.165, 1.54) is 7.11 Å². The largest absolute Gasteiger partial charge is 0.468 e. The molecule has 4 heteroatoms. The third-order valence-corrected chi connectivity index (χ3v) is 2.40. The number of carbonyl (C=O) groups excluding carboxylic acids is 1. The zero-order valence-corrected chi connectivity index (χ0v) is 10.2. The lowest BCUT2D eigenvalue weighted by molar-refractivity contribution is -0.138. The molecule has 16 heavy (non-hydrogen) atoms. The van der Waals surface area contributed by atoms with Crippen LogP contribution in [-0.4, -0.2) is 40.8 Å². The molecule has 0 saturated heterocycles. The SMILES string of the molecule is COC(=O)CN(C)c1ccc(N(C)C)cc1.